The maximum Gasteiger partial charge on any atom is 0.453 e. The number of nitrogens with one attached hydrogen (secondary N) is 1. The lowest BCUT2D eigenvalue weighted by molar-refractivity contribution is -0.419. The van der Waals surface area contributed by atoms with Gasteiger partial charge in [-0.2, -0.15) is 0 Å². The van der Waals surface area contributed by atoms with E-state index in [1.54, 1.807) is 0 Å². The van der Waals surface area contributed by atoms with Crippen molar-refractivity contribution in [3.63, 3.8) is 0 Å². The number of pyridine rings is 2. The standard InChI is InChI=1S/C17H19FN6O7S/c1-16(8-32(29,30)24(2)15(19)23-16)13-10(18)4-6-12(21-13)22-14(25)11-5-3-9(7-20-11)31-17(26,27)28/h3-7,26-28H,8H2,1-2H3,(H2,19,23)(H,21,22,25)/t16-/m0/s1. The monoisotopic (exact) mass is 470 g/mol. The van der Waals surface area contributed by atoms with Crippen LogP contribution < -0.4 is 15.8 Å². The number of halogens is 1. The van der Waals surface area contributed by atoms with Crippen molar-refractivity contribution in [3.8, 4) is 5.75 Å². The number of rotatable bonds is 5. The summed E-state index contributed by atoms with van der Waals surface area (Å²) in [5, 5.41) is 28.7. The lowest BCUT2D eigenvalue weighted by Gasteiger charge is -2.33. The topological polar surface area (TPSA) is 201 Å². The average molecular weight is 470 g/mol. The molecule has 2 aromatic heterocycles. The third-order valence-corrected chi connectivity index (χ3v) is 6.33. The fourth-order valence-electron chi connectivity index (χ4n) is 2.87. The van der Waals surface area contributed by atoms with Crippen molar-refractivity contribution in [2.75, 3.05) is 18.1 Å². The molecule has 0 fully saturated rings. The van der Waals surface area contributed by atoms with Crippen LogP contribution in [-0.4, -0.2) is 68.8 Å². The van der Waals surface area contributed by atoms with Crippen LogP contribution in [0.25, 0.3) is 0 Å². The highest BCUT2D eigenvalue weighted by Crippen LogP contribution is 2.32. The summed E-state index contributed by atoms with van der Waals surface area (Å²) in [6.07, 6.45) is -2.47. The van der Waals surface area contributed by atoms with Crippen LogP contribution >= 0.6 is 0 Å². The summed E-state index contributed by atoms with van der Waals surface area (Å²) in [6.45, 7) is 1.35. The predicted molar refractivity (Wildman–Crippen MR) is 107 cm³/mol. The van der Waals surface area contributed by atoms with E-state index in [2.05, 4.69) is 25.0 Å². The summed E-state index contributed by atoms with van der Waals surface area (Å²) in [7, 11) is -2.65. The van der Waals surface area contributed by atoms with Gasteiger partial charge in [-0.15, -0.1) is 0 Å². The molecule has 0 saturated heterocycles. The highest BCUT2D eigenvalue weighted by Gasteiger charge is 2.43. The van der Waals surface area contributed by atoms with E-state index in [0.29, 0.717) is 0 Å². The zero-order valence-electron chi connectivity index (χ0n) is 16.7. The number of aliphatic hydroxyl groups is 3. The first-order chi connectivity index (χ1) is 14.7. The average Bonchev–Trinajstić information content (AvgIpc) is 2.66. The number of carbonyl (C=O) groups is 1. The summed E-state index contributed by atoms with van der Waals surface area (Å²) in [5.41, 5.74) is 3.55. The van der Waals surface area contributed by atoms with Crippen LogP contribution in [0.4, 0.5) is 10.2 Å². The van der Waals surface area contributed by atoms with Gasteiger partial charge in [0.1, 0.15) is 40.1 Å². The van der Waals surface area contributed by atoms with Crippen molar-refractivity contribution in [1.82, 2.24) is 14.3 Å². The number of hydrogen-bond donors (Lipinski definition) is 5. The van der Waals surface area contributed by atoms with E-state index in [4.69, 9.17) is 21.1 Å². The fourth-order valence-corrected chi connectivity index (χ4v) is 4.31. The molecule has 0 spiro atoms. The molecule has 13 nitrogen and oxygen atoms in total. The number of aromatic nitrogens is 2. The summed E-state index contributed by atoms with van der Waals surface area (Å²) in [6, 6.07) is 4.43. The maximum atomic E-state index is 14.5. The second kappa shape index (κ2) is 7.94. The first-order valence-electron chi connectivity index (χ1n) is 8.83. The van der Waals surface area contributed by atoms with Crippen molar-refractivity contribution in [2.45, 2.75) is 18.6 Å². The molecule has 0 saturated carbocycles. The van der Waals surface area contributed by atoms with Crippen LogP contribution in [0.15, 0.2) is 35.5 Å². The number of guanidine groups is 1. The predicted octanol–water partition coefficient (Wildman–Crippen LogP) is -1.36. The van der Waals surface area contributed by atoms with Gasteiger partial charge in [0.05, 0.1) is 6.20 Å². The van der Waals surface area contributed by atoms with Crippen molar-refractivity contribution in [1.29, 1.82) is 0 Å². The Morgan fingerprint density at radius 3 is 2.56 bits per heavy atom. The number of anilines is 1. The van der Waals surface area contributed by atoms with Gasteiger partial charge in [0, 0.05) is 7.05 Å². The van der Waals surface area contributed by atoms with Gasteiger partial charge in [0.2, 0.25) is 16.0 Å². The van der Waals surface area contributed by atoms with Gasteiger partial charge in [0.15, 0.2) is 0 Å². The van der Waals surface area contributed by atoms with E-state index in [0.717, 1.165) is 34.8 Å². The van der Waals surface area contributed by atoms with Crippen LogP contribution in [0.5, 0.6) is 5.75 Å². The Morgan fingerprint density at radius 2 is 2.00 bits per heavy atom. The zero-order valence-corrected chi connectivity index (χ0v) is 17.5. The molecule has 6 N–H and O–H groups in total. The number of ether oxygens (including phenoxy) is 1. The molecule has 0 bridgehead atoms. The molecule has 0 aromatic carbocycles. The van der Waals surface area contributed by atoms with E-state index in [-0.39, 0.29) is 28.9 Å². The summed E-state index contributed by atoms with van der Waals surface area (Å²) < 4.78 is 44.3. The molecule has 2 aromatic rings. The number of nitrogens with zero attached hydrogens (tertiary/aromatic N) is 4. The zero-order chi connectivity index (χ0) is 23.9. The Morgan fingerprint density at radius 1 is 1.31 bits per heavy atom. The van der Waals surface area contributed by atoms with Gasteiger partial charge < -0.3 is 31.1 Å². The second-order valence-electron chi connectivity index (χ2n) is 7.00. The van der Waals surface area contributed by atoms with Crippen LogP contribution in [0, 0.1) is 5.82 Å². The molecule has 32 heavy (non-hydrogen) atoms. The third kappa shape index (κ3) is 4.91. The first-order valence-corrected chi connectivity index (χ1v) is 10.4. The van der Waals surface area contributed by atoms with E-state index in [1.165, 1.54) is 14.0 Å². The smallest absolute Gasteiger partial charge is 0.415 e. The Bertz CT molecular complexity index is 1180. The molecule has 1 aliphatic heterocycles. The summed E-state index contributed by atoms with van der Waals surface area (Å²) >= 11 is 0. The number of hydrogen-bond acceptors (Lipinski definition) is 11. The highest BCUT2D eigenvalue weighted by molar-refractivity contribution is 7.89. The molecular weight excluding hydrogens is 451 g/mol. The van der Waals surface area contributed by atoms with Gasteiger partial charge in [-0.1, -0.05) is 0 Å². The molecule has 0 aliphatic carbocycles. The Kier molecular flexibility index (Phi) is 5.77. The van der Waals surface area contributed by atoms with Crippen LogP contribution in [-0.2, 0) is 15.6 Å². The maximum absolute atomic E-state index is 14.5. The fraction of sp³-hybridized carbons (Fsp3) is 0.294. The van der Waals surface area contributed by atoms with Crippen molar-refractivity contribution in [3.05, 3.63) is 47.7 Å². The summed E-state index contributed by atoms with van der Waals surface area (Å²) in [4.78, 5) is 24.3. The SMILES string of the molecule is CN1C(N)=N[C@](C)(c2nc(NC(=O)c3ccc(OC(O)(O)O)cn3)ccc2F)CS1(=O)=O. The van der Waals surface area contributed by atoms with Gasteiger partial charge in [-0.25, -0.2) is 32.1 Å². The van der Waals surface area contributed by atoms with E-state index in [1.807, 2.05) is 0 Å². The van der Waals surface area contributed by atoms with Gasteiger partial charge in [-0.3, -0.25) is 4.79 Å². The van der Waals surface area contributed by atoms with E-state index >= 15 is 0 Å². The molecule has 0 unspecified atom stereocenters. The lowest BCUT2D eigenvalue weighted by atomic mass is 10.00. The number of amides is 1. The normalized spacial score (nSPS) is 20.4. The quantitative estimate of drug-likeness (QED) is 0.325. The van der Waals surface area contributed by atoms with E-state index in [9.17, 15) is 17.6 Å². The highest BCUT2D eigenvalue weighted by atomic mass is 32.2. The van der Waals surface area contributed by atoms with Crippen molar-refractivity contribution < 1.29 is 37.7 Å². The van der Waals surface area contributed by atoms with Crippen molar-refractivity contribution >= 4 is 27.7 Å². The molecule has 3 rings (SSSR count). The van der Waals surface area contributed by atoms with Gasteiger partial charge in [-0.05, 0) is 31.2 Å². The Labute approximate surface area is 181 Å². The minimum Gasteiger partial charge on any atom is -0.415 e. The molecular formula is C17H19FN6O7S. The molecule has 0 radical (unpaired) electrons. The molecule has 15 heteroatoms. The number of carbonyl (C=O) groups excluding carboxylic acids is 1. The number of aliphatic imine (C=N–C) groups is 1. The molecule has 3 heterocycles. The van der Waals surface area contributed by atoms with E-state index < -0.39 is 39.2 Å². The van der Waals surface area contributed by atoms with Crippen molar-refractivity contribution in [2.24, 2.45) is 10.7 Å². The molecule has 1 atom stereocenters. The molecule has 1 aliphatic rings. The largest absolute Gasteiger partial charge is 0.453 e. The Hall–Kier alpha value is -3.40. The molecule has 172 valence electrons. The second-order valence-corrected chi connectivity index (χ2v) is 9.00. The third-order valence-electron chi connectivity index (χ3n) is 4.39. The molecule has 1 amide bonds. The minimum absolute atomic E-state index is 0.111. The summed E-state index contributed by atoms with van der Waals surface area (Å²) in [5.74, 6) is -2.90. The number of sulfonamides is 1. The minimum atomic E-state index is -3.87. The van der Waals surface area contributed by atoms with Crippen LogP contribution in [0.1, 0.15) is 23.1 Å². The van der Waals surface area contributed by atoms with Gasteiger partial charge >= 0.3 is 6.16 Å². The van der Waals surface area contributed by atoms with Gasteiger partial charge in [0.25, 0.3) is 5.91 Å². The first kappa shape index (κ1) is 23.3. The number of nitrogens with two attached hydrogens (primary N) is 1. The lowest BCUT2D eigenvalue weighted by Crippen LogP contribution is -2.50. The van der Waals surface area contributed by atoms with Crippen LogP contribution in [0.3, 0.4) is 0 Å². The Balaban J connectivity index is 1.86. The van der Waals surface area contributed by atoms with Crippen LogP contribution in [0.2, 0.25) is 0 Å².